The maximum absolute atomic E-state index is 12.2. The number of hydrogen-bond acceptors (Lipinski definition) is 4. The maximum atomic E-state index is 12.2. The summed E-state index contributed by atoms with van der Waals surface area (Å²) in [5, 5.41) is 0. The highest BCUT2D eigenvalue weighted by Crippen LogP contribution is 2.14. The summed E-state index contributed by atoms with van der Waals surface area (Å²) in [6.45, 7) is 3.94. The van der Waals surface area contributed by atoms with E-state index in [0.717, 1.165) is 26.1 Å². The van der Waals surface area contributed by atoms with Crippen molar-refractivity contribution in [2.24, 2.45) is 5.73 Å². The van der Waals surface area contributed by atoms with Crippen LogP contribution in [0.5, 0.6) is 0 Å². The summed E-state index contributed by atoms with van der Waals surface area (Å²) < 4.78 is 27.1. The van der Waals surface area contributed by atoms with Crippen LogP contribution in [0.4, 0.5) is 0 Å². The summed E-state index contributed by atoms with van der Waals surface area (Å²) in [6.07, 6.45) is 3.36. The number of nitrogens with zero attached hydrogens (tertiary/aromatic N) is 1. The van der Waals surface area contributed by atoms with Crippen molar-refractivity contribution in [3.8, 4) is 0 Å². The van der Waals surface area contributed by atoms with Gasteiger partial charge in [-0.05, 0) is 50.5 Å². The molecule has 1 aliphatic rings. The van der Waals surface area contributed by atoms with Crippen LogP contribution in [0, 0.1) is 0 Å². The van der Waals surface area contributed by atoms with E-state index in [1.54, 1.807) is 24.3 Å². The van der Waals surface area contributed by atoms with Crippen LogP contribution >= 0.6 is 0 Å². The van der Waals surface area contributed by atoms with Crippen LogP contribution in [0.15, 0.2) is 29.2 Å². The van der Waals surface area contributed by atoms with E-state index in [2.05, 4.69) is 9.62 Å². The zero-order valence-electron chi connectivity index (χ0n) is 11.7. The zero-order chi connectivity index (χ0) is 14.4. The van der Waals surface area contributed by atoms with Gasteiger partial charge in [-0.2, -0.15) is 0 Å². The number of rotatable bonds is 7. The van der Waals surface area contributed by atoms with Crippen molar-refractivity contribution in [3.05, 3.63) is 29.8 Å². The van der Waals surface area contributed by atoms with E-state index in [4.69, 9.17) is 5.73 Å². The van der Waals surface area contributed by atoms with Gasteiger partial charge in [-0.15, -0.1) is 0 Å². The van der Waals surface area contributed by atoms with E-state index in [1.165, 1.54) is 12.8 Å². The third kappa shape index (κ3) is 4.02. The fraction of sp³-hybridized carbons (Fsp3) is 0.571. The Morgan fingerprint density at radius 2 is 1.90 bits per heavy atom. The smallest absolute Gasteiger partial charge is 0.240 e. The molecule has 2 rings (SSSR count). The molecular formula is C14H23N3O2S. The van der Waals surface area contributed by atoms with Crippen molar-refractivity contribution in [3.63, 3.8) is 0 Å². The molecule has 112 valence electrons. The molecule has 5 nitrogen and oxygen atoms in total. The van der Waals surface area contributed by atoms with Crippen LogP contribution in [-0.4, -0.2) is 39.5 Å². The fourth-order valence-corrected chi connectivity index (χ4v) is 3.85. The molecule has 0 aliphatic carbocycles. The van der Waals surface area contributed by atoms with Crippen LogP contribution in [0.25, 0.3) is 0 Å². The number of nitrogens with two attached hydrogens (primary N) is 1. The van der Waals surface area contributed by atoms with Gasteiger partial charge in [0.1, 0.15) is 0 Å². The first kappa shape index (κ1) is 15.4. The SMILES string of the molecule is NCc1ccccc1S(=O)(=O)NCCCN1CCCC1. The van der Waals surface area contributed by atoms with E-state index < -0.39 is 10.0 Å². The molecular weight excluding hydrogens is 274 g/mol. The van der Waals surface area contributed by atoms with Gasteiger partial charge in [0.05, 0.1) is 4.90 Å². The quantitative estimate of drug-likeness (QED) is 0.734. The Morgan fingerprint density at radius 3 is 2.60 bits per heavy atom. The fourth-order valence-electron chi connectivity index (χ4n) is 2.53. The molecule has 6 heteroatoms. The van der Waals surface area contributed by atoms with Crippen molar-refractivity contribution >= 4 is 10.0 Å². The van der Waals surface area contributed by atoms with Gasteiger partial charge < -0.3 is 10.6 Å². The normalized spacial score (nSPS) is 16.6. The molecule has 0 atom stereocenters. The number of likely N-dealkylation sites (tertiary alicyclic amines) is 1. The molecule has 1 aliphatic heterocycles. The largest absolute Gasteiger partial charge is 0.326 e. The third-order valence-electron chi connectivity index (χ3n) is 3.62. The maximum Gasteiger partial charge on any atom is 0.240 e. The standard InChI is InChI=1S/C14H23N3O2S/c15-12-13-6-1-2-7-14(13)20(18,19)16-8-5-11-17-9-3-4-10-17/h1-2,6-7,16H,3-5,8-12,15H2. The van der Waals surface area contributed by atoms with Crippen molar-refractivity contribution in [1.82, 2.24) is 9.62 Å². The highest BCUT2D eigenvalue weighted by Gasteiger charge is 2.17. The van der Waals surface area contributed by atoms with E-state index in [9.17, 15) is 8.42 Å². The van der Waals surface area contributed by atoms with Crippen LogP contribution in [0.1, 0.15) is 24.8 Å². The zero-order valence-corrected chi connectivity index (χ0v) is 12.5. The van der Waals surface area contributed by atoms with Gasteiger partial charge in [-0.25, -0.2) is 13.1 Å². The second-order valence-corrected chi connectivity index (χ2v) is 6.85. The van der Waals surface area contributed by atoms with Gasteiger partial charge in [0, 0.05) is 13.1 Å². The van der Waals surface area contributed by atoms with Gasteiger partial charge in [0.2, 0.25) is 10.0 Å². The van der Waals surface area contributed by atoms with E-state index >= 15 is 0 Å². The average molecular weight is 297 g/mol. The monoisotopic (exact) mass is 297 g/mol. The molecule has 3 N–H and O–H groups in total. The van der Waals surface area contributed by atoms with Gasteiger partial charge >= 0.3 is 0 Å². The first-order valence-corrected chi connectivity index (χ1v) is 8.62. The number of nitrogens with one attached hydrogen (secondary N) is 1. The summed E-state index contributed by atoms with van der Waals surface area (Å²) in [5.74, 6) is 0. The Hall–Kier alpha value is -0.950. The molecule has 1 aromatic carbocycles. The van der Waals surface area contributed by atoms with Crippen LogP contribution in [-0.2, 0) is 16.6 Å². The minimum absolute atomic E-state index is 0.227. The Labute approximate surface area is 121 Å². The summed E-state index contributed by atoms with van der Waals surface area (Å²) in [6, 6.07) is 6.87. The lowest BCUT2D eigenvalue weighted by Crippen LogP contribution is -2.29. The third-order valence-corrected chi connectivity index (χ3v) is 5.19. The van der Waals surface area contributed by atoms with Gasteiger partial charge in [-0.3, -0.25) is 0 Å². The first-order valence-electron chi connectivity index (χ1n) is 7.13. The first-order chi connectivity index (χ1) is 9.63. The van der Waals surface area contributed by atoms with Crippen LogP contribution < -0.4 is 10.5 Å². The number of benzene rings is 1. The number of hydrogen-bond donors (Lipinski definition) is 2. The molecule has 0 amide bonds. The Balaban J connectivity index is 1.87. The van der Waals surface area contributed by atoms with E-state index in [1.807, 2.05) is 0 Å². The Kier molecular flexibility index (Phi) is 5.54. The van der Waals surface area contributed by atoms with Crippen molar-refractivity contribution in [1.29, 1.82) is 0 Å². The lowest BCUT2D eigenvalue weighted by molar-refractivity contribution is 0.334. The summed E-state index contributed by atoms with van der Waals surface area (Å²) in [5.41, 5.74) is 6.24. The highest BCUT2D eigenvalue weighted by atomic mass is 32.2. The van der Waals surface area contributed by atoms with E-state index in [-0.39, 0.29) is 6.54 Å². The molecule has 1 saturated heterocycles. The average Bonchev–Trinajstić information content (AvgIpc) is 2.97. The predicted molar refractivity (Wildman–Crippen MR) is 79.8 cm³/mol. The molecule has 1 heterocycles. The Morgan fingerprint density at radius 1 is 1.20 bits per heavy atom. The topological polar surface area (TPSA) is 75.4 Å². The Bertz CT molecular complexity index is 525. The van der Waals surface area contributed by atoms with Gasteiger partial charge in [0.25, 0.3) is 0 Å². The summed E-state index contributed by atoms with van der Waals surface area (Å²) in [7, 11) is -3.45. The van der Waals surface area contributed by atoms with Crippen molar-refractivity contribution < 1.29 is 8.42 Å². The minimum Gasteiger partial charge on any atom is -0.326 e. The second kappa shape index (κ2) is 7.17. The molecule has 0 unspecified atom stereocenters. The van der Waals surface area contributed by atoms with Gasteiger partial charge in [-0.1, -0.05) is 18.2 Å². The summed E-state index contributed by atoms with van der Waals surface area (Å²) in [4.78, 5) is 2.67. The molecule has 0 saturated carbocycles. The molecule has 20 heavy (non-hydrogen) atoms. The minimum atomic E-state index is -3.45. The predicted octanol–water partition coefficient (Wildman–Crippen LogP) is 0.909. The summed E-state index contributed by atoms with van der Waals surface area (Å²) >= 11 is 0. The molecule has 0 radical (unpaired) electrons. The van der Waals surface area contributed by atoms with Crippen LogP contribution in [0.2, 0.25) is 0 Å². The van der Waals surface area contributed by atoms with Crippen molar-refractivity contribution in [2.75, 3.05) is 26.2 Å². The van der Waals surface area contributed by atoms with Gasteiger partial charge in [0.15, 0.2) is 0 Å². The highest BCUT2D eigenvalue weighted by molar-refractivity contribution is 7.89. The van der Waals surface area contributed by atoms with E-state index in [0.29, 0.717) is 17.0 Å². The molecule has 0 bridgehead atoms. The molecule has 0 aromatic heterocycles. The number of sulfonamides is 1. The lowest BCUT2D eigenvalue weighted by Gasteiger charge is -2.15. The second-order valence-electron chi connectivity index (χ2n) is 5.11. The molecule has 1 fully saturated rings. The molecule has 1 aromatic rings. The molecule has 0 spiro atoms. The lowest BCUT2D eigenvalue weighted by atomic mass is 10.2. The van der Waals surface area contributed by atoms with Crippen molar-refractivity contribution in [2.45, 2.75) is 30.7 Å². The van der Waals surface area contributed by atoms with Crippen LogP contribution in [0.3, 0.4) is 0 Å².